The standard InChI is InChI=1S/C14H23N3O3S/c1-12-10-13(11-15)2-3-14(12)21(19,20)17-6-4-16(5-7-17)8-9-18/h2-3,10,18H,4-9,11,15H2,1H3. The van der Waals surface area contributed by atoms with Crippen LogP contribution in [0.4, 0.5) is 0 Å². The van der Waals surface area contributed by atoms with Gasteiger partial charge in [-0.25, -0.2) is 8.42 Å². The summed E-state index contributed by atoms with van der Waals surface area (Å²) in [7, 11) is -3.45. The molecular weight excluding hydrogens is 290 g/mol. The summed E-state index contributed by atoms with van der Waals surface area (Å²) >= 11 is 0. The fraction of sp³-hybridized carbons (Fsp3) is 0.571. The molecule has 0 amide bonds. The molecule has 21 heavy (non-hydrogen) atoms. The number of piperazine rings is 1. The van der Waals surface area contributed by atoms with Crippen LogP contribution in [0.5, 0.6) is 0 Å². The Kier molecular flexibility index (Phi) is 5.34. The number of nitrogens with two attached hydrogens (primary N) is 1. The number of hydrogen-bond acceptors (Lipinski definition) is 5. The van der Waals surface area contributed by atoms with Gasteiger partial charge < -0.3 is 10.8 Å². The number of sulfonamides is 1. The number of aryl methyl sites for hydroxylation is 1. The molecule has 6 nitrogen and oxygen atoms in total. The van der Waals surface area contributed by atoms with E-state index in [1.54, 1.807) is 19.1 Å². The number of aliphatic hydroxyl groups is 1. The van der Waals surface area contributed by atoms with E-state index in [-0.39, 0.29) is 6.61 Å². The molecule has 1 aromatic carbocycles. The maximum atomic E-state index is 12.7. The van der Waals surface area contributed by atoms with E-state index < -0.39 is 10.0 Å². The number of β-amino-alcohol motifs (C(OH)–C–C–N with tert-alkyl or cyclic N) is 1. The number of rotatable bonds is 5. The van der Waals surface area contributed by atoms with Crippen molar-refractivity contribution < 1.29 is 13.5 Å². The first-order chi connectivity index (χ1) is 9.98. The van der Waals surface area contributed by atoms with Gasteiger partial charge in [-0.15, -0.1) is 0 Å². The van der Waals surface area contributed by atoms with E-state index in [0.29, 0.717) is 44.2 Å². The highest BCUT2D eigenvalue weighted by Gasteiger charge is 2.29. The Bertz CT molecular complexity index is 581. The molecule has 0 spiro atoms. The van der Waals surface area contributed by atoms with Crippen LogP contribution < -0.4 is 5.73 Å². The SMILES string of the molecule is Cc1cc(CN)ccc1S(=O)(=O)N1CCN(CCO)CC1. The minimum absolute atomic E-state index is 0.104. The van der Waals surface area contributed by atoms with Gasteiger partial charge in [0.05, 0.1) is 11.5 Å². The largest absolute Gasteiger partial charge is 0.395 e. The van der Waals surface area contributed by atoms with Gasteiger partial charge in [0.25, 0.3) is 0 Å². The van der Waals surface area contributed by atoms with Crippen LogP contribution in [-0.4, -0.2) is 62.1 Å². The third kappa shape index (κ3) is 3.61. The fourth-order valence-corrected chi connectivity index (χ4v) is 4.23. The molecule has 0 aliphatic carbocycles. The van der Waals surface area contributed by atoms with E-state index in [4.69, 9.17) is 10.8 Å². The molecule has 0 aromatic heterocycles. The van der Waals surface area contributed by atoms with Crippen LogP contribution in [-0.2, 0) is 16.6 Å². The van der Waals surface area contributed by atoms with Crippen molar-refractivity contribution in [3.05, 3.63) is 29.3 Å². The van der Waals surface area contributed by atoms with Crippen molar-refractivity contribution in [3.63, 3.8) is 0 Å². The van der Waals surface area contributed by atoms with E-state index in [9.17, 15) is 8.42 Å². The first kappa shape index (κ1) is 16.4. The van der Waals surface area contributed by atoms with Crippen LogP contribution in [0.2, 0.25) is 0 Å². The lowest BCUT2D eigenvalue weighted by Crippen LogP contribution is -2.49. The summed E-state index contributed by atoms with van der Waals surface area (Å²) in [5, 5.41) is 8.92. The van der Waals surface area contributed by atoms with Gasteiger partial charge in [-0.05, 0) is 24.1 Å². The Morgan fingerprint density at radius 3 is 2.43 bits per heavy atom. The molecule has 7 heteroatoms. The summed E-state index contributed by atoms with van der Waals surface area (Å²) in [5.74, 6) is 0. The predicted octanol–water partition coefficient (Wildman–Crippen LogP) is -0.248. The Morgan fingerprint density at radius 1 is 1.24 bits per heavy atom. The van der Waals surface area contributed by atoms with Gasteiger partial charge in [-0.2, -0.15) is 4.31 Å². The van der Waals surface area contributed by atoms with Gasteiger partial charge in [0.1, 0.15) is 0 Å². The Labute approximate surface area is 126 Å². The maximum absolute atomic E-state index is 12.7. The molecule has 1 heterocycles. The summed E-state index contributed by atoms with van der Waals surface area (Å²) in [6, 6.07) is 5.24. The molecule has 0 unspecified atom stereocenters. The Hall–Kier alpha value is -0.990. The summed E-state index contributed by atoms with van der Waals surface area (Å²) in [4.78, 5) is 2.42. The van der Waals surface area contributed by atoms with Gasteiger partial charge in [0, 0.05) is 39.3 Å². The lowest BCUT2D eigenvalue weighted by molar-refractivity contribution is 0.151. The van der Waals surface area contributed by atoms with Gasteiger partial charge >= 0.3 is 0 Å². The second kappa shape index (κ2) is 6.85. The first-order valence-electron chi connectivity index (χ1n) is 7.12. The molecule has 1 aliphatic heterocycles. The molecule has 0 radical (unpaired) electrons. The highest BCUT2D eigenvalue weighted by Crippen LogP contribution is 2.22. The normalized spacial score (nSPS) is 18.0. The Balaban J connectivity index is 2.16. The van der Waals surface area contributed by atoms with Gasteiger partial charge in [-0.1, -0.05) is 12.1 Å². The van der Waals surface area contributed by atoms with Crippen molar-refractivity contribution in [3.8, 4) is 0 Å². The first-order valence-corrected chi connectivity index (χ1v) is 8.56. The number of aliphatic hydroxyl groups excluding tert-OH is 1. The van der Waals surface area contributed by atoms with Crippen molar-refractivity contribution >= 4 is 10.0 Å². The summed E-state index contributed by atoms with van der Waals surface area (Å²) < 4.78 is 26.9. The lowest BCUT2D eigenvalue weighted by atomic mass is 10.1. The van der Waals surface area contributed by atoms with E-state index in [2.05, 4.69) is 4.90 Å². The zero-order valence-electron chi connectivity index (χ0n) is 12.3. The van der Waals surface area contributed by atoms with Crippen LogP contribution in [0.1, 0.15) is 11.1 Å². The molecule has 2 rings (SSSR count). The molecule has 118 valence electrons. The van der Waals surface area contributed by atoms with Crippen LogP contribution >= 0.6 is 0 Å². The van der Waals surface area contributed by atoms with Gasteiger partial charge in [0.15, 0.2) is 0 Å². The van der Waals surface area contributed by atoms with Crippen molar-refractivity contribution in [1.29, 1.82) is 0 Å². The monoisotopic (exact) mass is 313 g/mol. The smallest absolute Gasteiger partial charge is 0.243 e. The molecule has 3 N–H and O–H groups in total. The third-order valence-corrected chi connectivity index (χ3v) is 5.90. The fourth-order valence-electron chi connectivity index (χ4n) is 2.60. The molecular formula is C14H23N3O3S. The van der Waals surface area contributed by atoms with Crippen molar-refractivity contribution in [2.45, 2.75) is 18.4 Å². The molecule has 1 aromatic rings. The van der Waals surface area contributed by atoms with E-state index in [1.807, 2.05) is 6.07 Å². The van der Waals surface area contributed by atoms with Crippen LogP contribution in [0.3, 0.4) is 0 Å². The van der Waals surface area contributed by atoms with Gasteiger partial charge in [-0.3, -0.25) is 4.90 Å². The summed E-state index contributed by atoms with van der Waals surface area (Å²) in [6.45, 7) is 5.12. The zero-order valence-corrected chi connectivity index (χ0v) is 13.1. The van der Waals surface area contributed by atoms with Crippen molar-refractivity contribution in [2.75, 3.05) is 39.3 Å². The summed E-state index contributed by atoms with van der Waals surface area (Å²) in [5.41, 5.74) is 7.24. The predicted molar refractivity (Wildman–Crippen MR) is 81.4 cm³/mol. The van der Waals surface area contributed by atoms with E-state index in [1.165, 1.54) is 4.31 Å². The average Bonchev–Trinajstić information content (AvgIpc) is 2.47. The molecule has 1 saturated heterocycles. The van der Waals surface area contributed by atoms with E-state index in [0.717, 1.165) is 11.1 Å². The van der Waals surface area contributed by atoms with E-state index >= 15 is 0 Å². The molecule has 1 aliphatic rings. The second-order valence-electron chi connectivity index (χ2n) is 5.27. The number of benzene rings is 1. The van der Waals surface area contributed by atoms with Crippen LogP contribution in [0.25, 0.3) is 0 Å². The zero-order chi connectivity index (χ0) is 15.5. The second-order valence-corrected chi connectivity index (χ2v) is 7.18. The highest BCUT2D eigenvalue weighted by atomic mass is 32.2. The molecule has 1 fully saturated rings. The maximum Gasteiger partial charge on any atom is 0.243 e. The van der Waals surface area contributed by atoms with Crippen molar-refractivity contribution in [1.82, 2.24) is 9.21 Å². The Morgan fingerprint density at radius 2 is 1.90 bits per heavy atom. The van der Waals surface area contributed by atoms with Gasteiger partial charge in [0.2, 0.25) is 10.0 Å². The minimum Gasteiger partial charge on any atom is -0.395 e. The quantitative estimate of drug-likeness (QED) is 0.783. The van der Waals surface area contributed by atoms with Crippen LogP contribution in [0, 0.1) is 6.92 Å². The highest BCUT2D eigenvalue weighted by molar-refractivity contribution is 7.89. The number of hydrogen-bond donors (Lipinski definition) is 2. The number of nitrogens with zero attached hydrogens (tertiary/aromatic N) is 2. The molecule has 0 bridgehead atoms. The molecule has 0 atom stereocenters. The van der Waals surface area contributed by atoms with Crippen molar-refractivity contribution in [2.24, 2.45) is 5.73 Å². The van der Waals surface area contributed by atoms with Crippen LogP contribution in [0.15, 0.2) is 23.1 Å². The lowest BCUT2D eigenvalue weighted by Gasteiger charge is -2.33. The summed E-state index contributed by atoms with van der Waals surface area (Å²) in [6.07, 6.45) is 0. The third-order valence-electron chi connectivity index (χ3n) is 3.84. The molecule has 0 saturated carbocycles. The topological polar surface area (TPSA) is 86.9 Å². The minimum atomic E-state index is -3.45. The average molecular weight is 313 g/mol.